The second-order valence-electron chi connectivity index (χ2n) is 4.76. The van der Waals surface area contributed by atoms with E-state index in [-0.39, 0.29) is 5.41 Å². The molecule has 2 rings (SSSR count). The molecule has 0 unspecified atom stereocenters. The molecule has 1 aromatic carbocycles. The van der Waals surface area contributed by atoms with Gasteiger partial charge in [-0.3, -0.25) is 0 Å². The van der Waals surface area contributed by atoms with Crippen molar-refractivity contribution in [1.29, 1.82) is 0 Å². The second-order valence-corrected chi connectivity index (χ2v) is 4.76. The monoisotopic (exact) mass is 235 g/mol. The van der Waals surface area contributed by atoms with Crippen LogP contribution >= 0.6 is 0 Å². The van der Waals surface area contributed by atoms with Crippen molar-refractivity contribution in [1.82, 2.24) is 5.32 Å². The number of rotatable bonds is 5. The third kappa shape index (κ3) is 2.31. The lowest BCUT2D eigenvalue weighted by atomic mass is 9.77. The third-order valence-electron chi connectivity index (χ3n) is 3.40. The number of ether oxygens (including phenoxy) is 2. The van der Waals surface area contributed by atoms with Crippen LogP contribution in [0, 0.1) is 6.92 Å². The lowest BCUT2D eigenvalue weighted by molar-refractivity contribution is -0.0597. The maximum Gasteiger partial charge on any atom is 0.122 e. The number of hydrogen-bond acceptors (Lipinski definition) is 3. The molecule has 1 heterocycles. The molecular formula is C14H21NO2. The van der Waals surface area contributed by atoms with E-state index in [0.29, 0.717) is 0 Å². The van der Waals surface area contributed by atoms with Crippen LogP contribution in [-0.2, 0) is 10.2 Å². The van der Waals surface area contributed by atoms with Crippen LogP contribution in [0.25, 0.3) is 0 Å². The van der Waals surface area contributed by atoms with Gasteiger partial charge in [-0.2, -0.15) is 0 Å². The van der Waals surface area contributed by atoms with Crippen molar-refractivity contribution >= 4 is 0 Å². The van der Waals surface area contributed by atoms with E-state index in [2.05, 4.69) is 37.4 Å². The van der Waals surface area contributed by atoms with Crippen molar-refractivity contribution in [3.05, 3.63) is 29.3 Å². The summed E-state index contributed by atoms with van der Waals surface area (Å²) in [5.74, 6) is 0.969. The van der Waals surface area contributed by atoms with Gasteiger partial charge in [0.1, 0.15) is 5.75 Å². The van der Waals surface area contributed by atoms with Crippen molar-refractivity contribution in [3.63, 3.8) is 0 Å². The molecule has 0 amide bonds. The average molecular weight is 235 g/mol. The van der Waals surface area contributed by atoms with Crippen LogP contribution in [-0.4, -0.2) is 33.4 Å². The van der Waals surface area contributed by atoms with Gasteiger partial charge in [0.05, 0.1) is 25.7 Å². The highest BCUT2D eigenvalue weighted by atomic mass is 16.5. The van der Waals surface area contributed by atoms with Gasteiger partial charge in [0.15, 0.2) is 0 Å². The van der Waals surface area contributed by atoms with Crippen molar-refractivity contribution in [2.24, 2.45) is 0 Å². The Morgan fingerprint density at radius 1 is 1.41 bits per heavy atom. The molecule has 0 spiro atoms. The minimum Gasteiger partial charge on any atom is -0.496 e. The van der Waals surface area contributed by atoms with Crippen LogP contribution < -0.4 is 10.1 Å². The van der Waals surface area contributed by atoms with E-state index >= 15 is 0 Å². The molecular weight excluding hydrogens is 214 g/mol. The first-order chi connectivity index (χ1) is 8.22. The highest BCUT2D eigenvalue weighted by Crippen LogP contribution is 2.38. The summed E-state index contributed by atoms with van der Waals surface area (Å²) in [5, 5.41) is 3.42. The Balaban J connectivity index is 2.32. The van der Waals surface area contributed by atoms with Gasteiger partial charge in [0.25, 0.3) is 0 Å². The Morgan fingerprint density at radius 2 is 2.18 bits per heavy atom. The van der Waals surface area contributed by atoms with E-state index in [1.807, 2.05) is 0 Å². The second kappa shape index (κ2) is 5.07. The van der Waals surface area contributed by atoms with Gasteiger partial charge in [-0.05, 0) is 19.5 Å². The summed E-state index contributed by atoms with van der Waals surface area (Å²) >= 11 is 0. The molecule has 0 saturated carbocycles. The van der Waals surface area contributed by atoms with Gasteiger partial charge < -0.3 is 14.8 Å². The lowest BCUT2D eigenvalue weighted by Crippen LogP contribution is -2.53. The zero-order valence-electron chi connectivity index (χ0n) is 10.9. The smallest absolute Gasteiger partial charge is 0.122 e. The summed E-state index contributed by atoms with van der Waals surface area (Å²) in [4.78, 5) is 0. The SMILES string of the molecule is CCNCC1(c2cc(C)ccc2OC)COC1. The van der Waals surface area contributed by atoms with E-state index in [4.69, 9.17) is 9.47 Å². The summed E-state index contributed by atoms with van der Waals surface area (Å²) in [6.45, 7) is 7.73. The van der Waals surface area contributed by atoms with E-state index in [1.165, 1.54) is 11.1 Å². The highest BCUT2D eigenvalue weighted by molar-refractivity contribution is 5.44. The molecule has 3 nitrogen and oxygen atoms in total. The largest absolute Gasteiger partial charge is 0.496 e. The zero-order valence-corrected chi connectivity index (χ0v) is 10.9. The Hall–Kier alpha value is -1.06. The predicted octanol–water partition coefficient (Wildman–Crippen LogP) is 1.88. The fraction of sp³-hybridized carbons (Fsp3) is 0.571. The zero-order chi connectivity index (χ0) is 12.3. The first-order valence-electron chi connectivity index (χ1n) is 6.15. The van der Waals surface area contributed by atoms with Crippen molar-refractivity contribution in [3.8, 4) is 5.75 Å². The number of hydrogen-bond donors (Lipinski definition) is 1. The van der Waals surface area contributed by atoms with Crippen molar-refractivity contribution in [2.45, 2.75) is 19.3 Å². The molecule has 3 heteroatoms. The molecule has 1 aliphatic rings. The van der Waals surface area contributed by atoms with Crippen LogP contribution in [0.5, 0.6) is 5.75 Å². The minimum absolute atomic E-state index is 0.0906. The molecule has 1 fully saturated rings. The Labute approximate surface area is 103 Å². The fourth-order valence-electron chi connectivity index (χ4n) is 2.30. The maximum atomic E-state index is 5.48. The summed E-state index contributed by atoms with van der Waals surface area (Å²) in [5.41, 5.74) is 2.63. The van der Waals surface area contributed by atoms with E-state index in [9.17, 15) is 0 Å². The Bertz CT molecular complexity index is 386. The standard InChI is InChI=1S/C14H21NO2/c1-4-15-8-14(9-17-10-14)12-7-11(2)5-6-13(12)16-3/h5-7,15H,4,8-10H2,1-3H3. The number of benzene rings is 1. The van der Waals surface area contributed by atoms with E-state index < -0.39 is 0 Å². The number of nitrogens with one attached hydrogen (secondary N) is 1. The van der Waals surface area contributed by atoms with E-state index in [0.717, 1.165) is 32.1 Å². The van der Waals surface area contributed by atoms with Crippen LogP contribution in [0.2, 0.25) is 0 Å². The van der Waals surface area contributed by atoms with Gasteiger partial charge in [0.2, 0.25) is 0 Å². The van der Waals surface area contributed by atoms with Crippen LogP contribution in [0.4, 0.5) is 0 Å². The molecule has 1 N–H and O–H groups in total. The molecule has 1 aromatic rings. The first kappa shape index (κ1) is 12.4. The predicted molar refractivity (Wildman–Crippen MR) is 68.8 cm³/mol. The van der Waals surface area contributed by atoms with Crippen molar-refractivity contribution < 1.29 is 9.47 Å². The Kier molecular flexibility index (Phi) is 3.69. The molecule has 0 bridgehead atoms. The highest BCUT2D eigenvalue weighted by Gasteiger charge is 2.42. The molecule has 0 aromatic heterocycles. The van der Waals surface area contributed by atoms with Crippen LogP contribution in [0.3, 0.4) is 0 Å². The topological polar surface area (TPSA) is 30.5 Å². The van der Waals surface area contributed by atoms with Gasteiger partial charge in [-0.15, -0.1) is 0 Å². The number of likely N-dealkylation sites (N-methyl/N-ethyl adjacent to an activating group) is 1. The first-order valence-corrected chi connectivity index (χ1v) is 6.15. The number of methoxy groups -OCH3 is 1. The van der Waals surface area contributed by atoms with Crippen LogP contribution in [0.1, 0.15) is 18.1 Å². The third-order valence-corrected chi connectivity index (χ3v) is 3.40. The summed E-state index contributed by atoms with van der Waals surface area (Å²) in [6, 6.07) is 6.36. The molecule has 1 aliphatic heterocycles. The van der Waals surface area contributed by atoms with Gasteiger partial charge >= 0.3 is 0 Å². The molecule has 0 atom stereocenters. The normalized spacial score (nSPS) is 17.6. The summed E-state index contributed by atoms with van der Waals surface area (Å²) in [7, 11) is 1.73. The van der Waals surface area contributed by atoms with E-state index in [1.54, 1.807) is 7.11 Å². The quantitative estimate of drug-likeness (QED) is 0.845. The molecule has 0 radical (unpaired) electrons. The molecule has 94 valence electrons. The van der Waals surface area contributed by atoms with Gasteiger partial charge in [-0.1, -0.05) is 24.6 Å². The van der Waals surface area contributed by atoms with Gasteiger partial charge in [-0.25, -0.2) is 0 Å². The minimum atomic E-state index is 0.0906. The van der Waals surface area contributed by atoms with Crippen LogP contribution in [0.15, 0.2) is 18.2 Å². The van der Waals surface area contributed by atoms with Crippen molar-refractivity contribution in [2.75, 3.05) is 33.4 Å². The number of aryl methyl sites for hydroxylation is 1. The summed E-state index contributed by atoms with van der Waals surface area (Å²) in [6.07, 6.45) is 0. The average Bonchev–Trinajstić information content (AvgIpc) is 2.28. The lowest BCUT2D eigenvalue weighted by Gasteiger charge is -2.42. The molecule has 17 heavy (non-hydrogen) atoms. The maximum absolute atomic E-state index is 5.48. The molecule has 0 aliphatic carbocycles. The molecule has 1 saturated heterocycles. The van der Waals surface area contributed by atoms with Gasteiger partial charge in [0, 0.05) is 12.1 Å². The Morgan fingerprint density at radius 3 is 2.71 bits per heavy atom. The summed E-state index contributed by atoms with van der Waals surface area (Å²) < 4.78 is 10.9. The fourth-order valence-corrected chi connectivity index (χ4v) is 2.30.